The van der Waals surface area contributed by atoms with Crippen LogP contribution in [0.15, 0.2) is 23.1 Å². The van der Waals surface area contributed by atoms with E-state index in [1.165, 1.54) is 6.92 Å². The first-order chi connectivity index (χ1) is 10.9. The van der Waals surface area contributed by atoms with E-state index in [4.69, 9.17) is 0 Å². The second-order valence-electron chi connectivity index (χ2n) is 6.37. The molecule has 1 fully saturated rings. The van der Waals surface area contributed by atoms with Crippen molar-refractivity contribution in [2.45, 2.75) is 56.2 Å². The van der Waals surface area contributed by atoms with Gasteiger partial charge in [-0.25, -0.2) is 13.1 Å². The highest BCUT2D eigenvalue weighted by Crippen LogP contribution is 2.25. The zero-order valence-corrected chi connectivity index (χ0v) is 14.0. The summed E-state index contributed by atoms with van der Waals surface area (Å²) in [6, 6.07) is 5.16. The van der Waals surface area contributed by atoms with Gasteiger partial charge in [0, 0.05) is 19.1 Å². The van der Waals surface area contributed by atoms with Gasteiger partial charge in [0.1, 0.15) is 6.10 Å². The first-order valence-corrected chi connectivity index (χ1v) is 9.46. The molecule has 0 bridgehead atoms. The number of nitrogens with zero attached hydrogens (tertiary/aromatic N) is 1. The van der Waals surface area contributed by atoms with Gasteiger partial charge in [0.25, 0.3) is 5.91 Å². The highest BCUT2D eigenvalue weighted by atomic mass is 32.2. The number of carbonyl (C=O) groups excluding carboxylic acids is 1. The molecule has 3 rings (SSSR count). The maximum absolute atomic E-state index is 12.4. The van der Waals surface area contributed by atoms with Crippen molar-refractivity contribution in [2.24, 2.45) is 0 Å². The minimum absolute atomic E-state index is 0.0457. The van der Waals surface area contributed by atoms with Crippen molar-refractivity contribution in [1.29, 1.82) is 0 Å². The zero-order chi connectivity index (χ0) is 16.6. The highest BCUT2D eigenvalue weighted by molar-refractivity contribution is 7.89. The standard InChI is InChI=1S/C16H22N2O4S/c1-11(19)16(20)18-8-7-12-5-6-15(9-13(12)10-18)23(21,22)17-14-3-2-4-14/h5-6,9,11,14,17,19H,2-4,7-8,10H2,1H3/t11-/m0/s1. The van der Waals surface area contributed by atoms with Gasteiger partial charge in [0.15, 0.2) is 0 Å². The lowest BCUT2D eigenvalue weighted by Gasteiger charge is -2.30. The highest BCUT2D eigenvalue weighted by Gasteiger charge is 2.27. The van der Waals surface area contributed by atoms with Crippen LogP contribution in [-0.2, 0) is 27.8 Å². The largest absolute Gasteiger partial charge is 0.384 e. The predicted octanol–water partition coefficient (Wildman–Crippen LogP) is 0.783. The van der Waals surface area contributed by atoms with Crippen molar-refractivity contribution >= 4 is 15.9 Å². The number of fused-ring (bicyclic) bond motifs is 1. The molecule has 1 amide bonds. The van der Waals surface area contributed by atoms with Crippen LogP contribution in [0.1, 0.15) is 37.3 Å². The monoisotopic (exact) mass is 338 g/mol. The summed E-state index contributed by atoms with van der Waals surface area (Å²) in [7, 11) is -3.51. The number of rotatable bonds is 4. The second kappa shape index (κ2) is 6.22. The summed E-state index contributed by atoms with van der Waals surface area (Å²) in [5.74, 6) is -0.323. The minimum Gasteiger partial charge on any atom is -0.384 e. The van der Waals surface area contributed by atoms with Crippen LogP contribution in [0.25, 0.3) is 0 Å². The number of aliphatic hydroxyl groups is 1. The van der Waals surface area contributed by atoms with Gasteiger partial charge in [-0.05, 0) is 49.4 Å². The Kier molecular flexibility index (Phi) is 4.44. The Labute approximate surface area is 136 Å². The average molecular weight is 338 g/mol. The number of sulfonamides is 1. The number of hydrogen-bond donors (Lipinski definition) is 2. The molecule has 1 aliphatic heterocycles. The molecule has 1 atom stereocenters. The van der Waals surface area contributed by atoms with Gasteiger partial charge in [-0.3, -0.25) is 4.79 Å². The van der Waals surface area contributed by atoms with Crippen molar-refractivity contribution in [3.63, 3.8) is 0 Å². The molecular formula is C16H22N2O4S. The van der Waals surface area contributed by atoms with Gasteiger partial charge in [-0.1, -0.05) is 12.5 Å². The maximum Gasteiger partial charge on any atom is 0.251 e. The third-order valence-corrected chi connectivity index (χ3v) is 6.11. The summed E-state index contributed by atoms with van der Waals surface area (Å²) < 4.78 is 27.5. The first-order valence-electron chi connectivity index (χ1n) is 7.98. The summed E-state index contributed by atoms with van der Waals surface area (Å²) in [4.78, 5) is 13.7. The van der Waals surface area contributed by atoms with Crippen molar-refractivity contribution in [1.82, 2.24) is 9.62 Å². The summed E-state index contributed by atoms with van der Waals surface area (Å²) >= 11 is 0. The molecule has 1 aromatic rings. The fraction of sp³-hybridized carbons (Fsp3) is 0.562. The van der Waals surface area contributed by atoms with Crippen LogP contribution >= 0.6 is 0 Å². The molecule has 126 valence electrons. The van der Waals surface area contributed by atoms with Crippen molar-refractivity contribution in [2.75, 3.05) is 6.54 Å². The van der Waals surface area contributed by atoms with Crippen LogP contribution in [-0.4, -0.2) is 43.0 Å². The van der Waals surface area contributed by atoms with E-state index in [1.54, 1.807) is 17.0 Å². The van der Waals surface area contributed by atoms with E-state index in [9.17, 15) is 18.3 Å². The van der Waals surface area contributed by atoms with Gasteiger partial charge >= 0.3 is 0 Å². The smallest absolute Gasteiger partial charge is 0.251 e. The Morgan fingerprint density at radius 3 is 2.70 bits per heavy atom. The SMILES string of the molecule is C[C@H](O)C(=O)N1CCc2ccc(S(=O)(=O)NC3CCC3)cc2C1. The number of nitrogens with one attached hydrogen (secondary N) is 1. The van der Waals surface area contributed by atoms with E-state index in [2.05, 4.69) is 4.72 Å². The van der Waals surface area contributed by atoms with Crippen LogP contribution in [0.5, 0.6) is 0 Å². The molecule has 0 unspecified atom stereocenters. The third kappa shape index (κ3) is 3.41. The molecule has 7 heteroatoms. The molecule has 1 aliphatic carbocycles. The molecule has 0 saturated heterocycles. The summed E-state index contributed by atoms with van der Waals surface area (Å²) in [5, 5.41) is 9.44. The van der Waals surface area contributed by atoms with Crippen molar-refractivity contribution in [3.8, 4) is 0 Å². The molecule has 0 spiro atoms. The topological polar surface area (TPSA) is 86.7 Å². The Hall–Kier alpha value is -1.44. The summed E-state index contributed by atoms with van der Waals surface area (Å²) in [6.45, 7) is 2.33. The number of amides is 1. The Bertz CT molecular complexity index is 711. The maximum atomic E-state index is 12.4. The zero-order valence-electron chi connectivity index (χ0n) is 13.2. The third-order valence-electron chi connectivity index (χ3n) is 4.60. The lowest BCUT2D eigenvalue weighted by Crippen LogP contribution is -2.41. The van der Waals surface area contributed by atoms with Gasteiger partial charge in [-0.2, -0.15) is 0 Å². The molecule has 1 aromatic carbocycles. The predicted molar refractivity (Wildman–Crippen MR) is 85.2 cm³/mol. The molecular weight excluding hydrogens is 316 g/mol. The number of hydrogen-bond acceptors (Lipinski definition) is 4. The summed E-state index contributed by atoms with van der Waals surface area (Å²) in [5.41, 5.74) is 1.89. The fourth-order valence-electron chi connectivity index (χ4n) is 2.97. The van der Waals surface area contributed by atoms with E-state index in [0.717, 1.165) is 30.4 Å². The van der Waals surface area contributed by atoms with Crippen molar-refractivity contribution < 1.29 is 18.3 Å². The van der Waals surface area contributed by atoms with Crippen LogP contribution in [0.2, 0.25) is 0 Å². The molecule has 1 saturated carbocycles. The Morgan fingerprint density at radius 1 is 1.35 bits per heavy atom. The summed E-state index contributed by atoms with van der Waals surface area (Å²) in [6.07, 6.45) is 2.48. The van der Waals surface area contributed by atoms with E-state index in [0.29, 0.717) is 19.5 Å². The van der Waals surface area contributed by atoms with Crippen molar-refractivity contribution in [3.05, 3.63) is 29.3 Å². The molecule has 0 radical (unpaired) electrons. The van der Waals surface area contributed by atoms with E-state index in [-0.39, 0.29) is 16.8 Å². The first kappa shape index (κ1) is 16.4. The molecule has 0 aromatic heterocycles. The Balaban J connectivity index is 1.81. The normalized spacial score (nSPS) is 19.8. The second-order valence-corrected chi connectivity index (χ2v) is 8.08. The van der Waals surface area contributed by atoms with Gasteiger partial charge < -0.3 is 10.0 Å². The van der Waals surface area contributed by atoms with Gasteiger partial charge in [0.05, 0.1) is 4.90 Å². The quantitative estimate of drug-likeness (QED) is 0.849. The van der Waals surface area contributed by atoms with Crippen LogP contribution in [0, 0.1) is 0 Å². The Morgan fingerprint density at radius 2 is 2.09 bits per heavy atom. The van der Waals surface area contributed by atoms with E-state index in [1.807, 2.05) is 6.07 Å². The molecule has 23 heavy (non-hydrogen) atoms. The average Bonchev–Trinajstić information content (AvgIpc) is 2.49. The van der Waals surface area contributed by atoms with Crippen LogP contribution in [0.3, 0.4) is 0 Å². The van der Waals surface area contributed by atoms with Crippen LogP contribution in [0.4, 0.5) is 0 Å². The lowest BCUT2D eigenvalue weighted by molar-refractivity contribution is -0.140. The minimum atomic E-state index is -3.51. The number of carbonyl (C=O) groups is 1. The van der Waals surface area contributed by atoms with Crippen LogP contribution < -0.4 is 4.72 Å². The molecule has 2 N–H and O–H groups in total. The number of benzene rings is 1. The van der Waals surface area contributed by atoms with Gasteiger partial charge in [-0.15, -0.1) is 0 Å². The van der Waals surface area contributed by atoms with E-state index < -0.39 is 16.1 Å². The van der Waals surface area contributed by atoms with Gasteiger partial charge in [0.2, 0.25) is 10.0 Å². The number of aliphatic hydroxyl groups excluding tert-OH is 1. The molecule has 1 heterocycles. The molecule has 6 nitrogen and oxygen atoms in total. The van der Waals surface area contributed by atoms with E-state index >= 15 is 0 Å². The fourth-order valence-corrected chi connectivity index (χ4v) is 4.32. The molecule has 2 aliphatic rings. The lowest BCUT2D eigenvalue weighted by atomic mass is 9.94.